The van der Waals surface area contributed by atoms with Gasteiger partial charge in [0.05, 0.1) is 11.8 Å². The van der Waals surface area contributed by atoms with Crippen LogP contribution in [-0.4, -0.2) is 11.1 Å². The van der Waals surface area contributed by atoms with E-state index in [2.05, 4.69) is 0 Å². The molecule has 1 aromatic carbocycles. The minimum atomic E-state index is -0.829. The highest BCUT2D eigenvalue weighted by Gasteiger charge is 2.09. The smallest absolute Gasteiger partial charge is 0.307 e. The molecule has 0 heterocycles. The van der Waals surface area contributed by atoms with Crippen LogP contribution in [0.15, 0.2) is 24.3 Å². The van der Waals surface area contributed by atoms with E-state index in [1.54, 1.807) is 6.07 Å². The molecule has 1 aromatic rings. The van der Waals surface area contributed by atoms with Gasteiger partial charge in [-0.05, 0) is 18.1 Å². The number of carboxylic acids is 1. The summed E-state index contributed by atoms with van der Waals surface area (Å²) < 4.78 is 0. The van der Waals surface area contributed by atoms with Gasteiger partial charge in [0.25, 0.3) is 0 Å². The Bertz CT molecular complexity index is 308. The van der Waals surface area contributed by atoms with E-state index in [4.69, 9.17) is 16.7 Å². The second-order valence-electron chi connectivity index (χ2n) is 2.89. The number of hydrogen-bond acceptors (Lipinski definition) is 1. The first-order valence-corrected chi connectivity index (χ1v) is 4.48. The van der Waals surface area contributed by atoms with Gasteiger partial charge in [-0.3, -0.25) is 4.79 Å². The first-order valence-electron chi connectivity index (χ1n) is 4.05. The molecule has 0 spiro atoms. The molecule has 0 bridgehead atoms. The minimum Gasteiger partial charge on any atom is -0.481 e. The van der Waals surface area contributed by atoms with Crippen molar-refractivity contribution in [3.05, 3.63) is 35.4 Å². The zero-order valence-electron chi connectivity index (χ0n) is 7.33. The topological polar surface area (TPSA) is 37.3 Å². The first kappa shape index (κ1) is 10.1. The maximum atomic E-state index is 10.5. The number of carbonyl (C=O) groups is 1. The van der Waals surface area contributed by atoms with E-state index >= 15 is 0 Å². The summed E-state index contributed by atoms with van der Waals surface area (Å²) in [6, 6.07) is 7.33. The number of alkyl halides is 1. The van der Waals surface area contributed by atoms with Crippen LogP contribution in [0.5, 0.6) is 0 Å². The molecular weight excluding hydrogens is 188 g/mol. The molecule has 1 N–H and O–H groups in total. The first-order chi connectivity index (χ1) is 6.11. The molecule has 0 amide bonds. The van der Waals surface area contributed by atoms with E-state index in [0.29, 0.717) is 0 Å². The molecular formula is C10H11ClO2. The van der Waals surface area contributed by atoms with Crippen LogP contribution >= 0.6 is 11.6 Å². The van der Waals surface area contributed by atoms with E-state index in [9.17, 15) is 4.79 Å². The highest BCUT2D eigenvalue weighted by atomic mass is 35.5. The highest BCUT2D eigenvalue weighted by Crippen LogP contribution is 2.23. The largest absolute Gasteiger partial charge is 0.481 e. The fourth-order valence-corrected chi connectivity index (χ4v) is 1.46. The zero-order chi connectivity index (χ0) is 9.84. The lowest BCUT2D eigenvalue weighted by atomic mass is 10.0. The lowest BCUT2D eigenvalue weighted by molar-refractivity contribution is -0.136. The predicted octanol–water partition coefficient (Wildman–Crippen LogP) is 2.61. The van der Waals surface area contributed by atoms with Gasteiger partial charge in [-0.25, -0.2) is 0 Å². The number of hydrogen-bond donors (Lipinski definition) is 1. The standard InChI is InChI=1S/C10H11ClO2/c1-7(11)9-5-3-2-4-8(9)6-10(12)13/h2-5,7H,6H2,1H3,(H,12,13). The molecule has 70 valence electrons. The van der Waals surface area contributed by atoms with Gasteiger partial charge in [-0.2, -0.15) is 0 Å². The second kappa shape index (κ2) is 4.28. The van der Waals surface area contributed by atoms with Gasteiger partial charge < -0.3 is 5.11 Å². The van der Waals surface area contributed by atoms with Crippen LogP contribution in [0.3, 0.4) is 0 Å². The number of benzene rings is 1. The average molecular weight is 199 g/mol. The van der Waals surface area contributed by atoms with Crippen molar-refractivity contribution in [1.29, 1.82) is 0 Å². The van der Waals surface area contributed by atoms with Crippen molar-refractivity contribution in [3.63, 3.8) is 0 Å². The molecule has 0 aliphatic heterocycles. The van der Waals surface area contributed by atoms with Crippen LogP contribution in [0, 0.1) is 0 Å². The number of halogens is 1. The average Bonchev–Trinajstić information content (AvgIpc) is 2.03. The monoisotopic (exact) mass is 198 g/mol. The van der Waals surface area contributed by atoms with Crippen molar-refractivity contribution >= 4 is 17.6 Å². The Balaban J connectivity index is 2.97. The van der Waals surface area contributed by atoms with E-state index < -0.39 is 5.97 Å². The quantitative estimate of drug-likeness (QED) is 0.759. The molecule has 0 saturated heterocycles. The fraction of sp³-hybridized carbons (Fsp3) is 0.300. The summed E-state index contributed by atoms with van der Waals surface area (Å²) in [5, 5.41) is 8.49. The molecule has 2 nitrogen and oxygen atoms in total. The summed E-state index contributed by atoms with van der Waals surface area (Å²) in [5.74, 6) is -0.829. The van der Waals surface area contributed by atoms with Crippen molar-refractivity contribution in [3.8, 4) is 0 Å². The molecule has 1 atom stereocenters. The molecule has 13 heavy (non-hydrogen) atoms. The molecule has 0 radical (unpaired) electrons. The predicted molar refractivity (Wildman–Crippen MR) is 52.0 cm³/mol. The van der Waals surface area contributed by atoms with Crippen molar-refractivity contribution in [2.24, 2.45) is 0 Å². The van der Waals surface area contributed by atoms with Crippen molar-refractivity contribution < 1.29 is 9.90 Å². The van der Waals surface area contributed by atoms with Gasteiger partial charge in [0.15, 0.2) is 0 Å². The van der Waals surface area contributed by atoms with Gasteiger partial charge >= 0.3 is 5.97 Å². The summed E-state index contributed by atoms with van der Waals surface area (Å²) in [7, 11) is 0. The summed E-state index contributed by atoms with van der Waals surface area (Å²) >= 11 is 5.90. The van der Waals surface area contributed by atoms with Gasteiger partial charge in [-0.1, -0.05) is 24.3 Å². The summed E-state index contributed by atoms with van der Waals surface area (Å²) in [5.41, 5.74) is 1.68. The normalized spacial score (nSPS) is 12.5. The maximum Gasteiger partial charge on any atom is 0.307 e. The summed E-state index contributed by atoms with van der Waals surface area (Å²) in [6.45, 7) is 1.84. The number of carboxylic acid groups (broad SMARTS) is 1. The number of aliphatic carboxylic acids is 1. The summed E-state index contributed by atoms with van der Waals surface area (Å²) in [6.07, 6.45) is 0.0350. The lowest BCUT2D eigenvalue weighted by Crippen LogP contribution is -2.03. The molecule has 0 aliphatic rings. The fourth-order valence-electron chi connectivity index (χ4n) is 1.25. The molecule has 0 fully saturated rings. The third-order valence-corrected chi connectivity index (χ3v) is 2.06. The molecule has 0 saturated carbocycles. The Morgan fingerprint density at radius 3 is 2.69 bits per heavy atom. The van der Waals surface area contributed by atoms with Gasteiger partial charge in [0.2, 0.25) is 0 Å². The Morgan fingerprint density at radius 2 is 2.15 bits per heavy atom. The van der Waals surface area contributed by atoms with Crippen LogP contribution in [0.4, 0.5) is 0 Å². The van der Waals surface area contributed by atoms with Crippen LogP contribution < -0.4 is 0 Å². The second-order valence-corrected chi connectivity index (χ2v) is 3.54. The highest BCUT2D eigenvalue weighted by molar-refractivity contribution is 6.20. The van der Waals surface area contributed by atoms with E-state index in [0.717, 1.165) is 11.1 Å². The van der Waals surface area contributed by atoms with Crippen molar-refractivity contribution in [2.75, 3.05) is 0 Å². The molecule has 1 rings (SSSR count). The molecule has 0 aliphatic carbocycles. The molecule has 1 unspecified atom stereocenters. The van der Waals surface area contributed by atoms with Crippen LogP contribution in [0.25, 0.3) is 0 Å². The Morgan fingerprint density at radius 1 is 1.54 bits per heavy atom. The van der Waals surface area contributed by atoms with Crippen LogP contribution in [-0.2, 0) is 11.2 Å². The van der Waals surface area contributed by atoms with Gasteiger partial charge in [0.1, 0.15) is 0 Å². The van der Waals surface area contributed by atoms with E-state index in [-0.39, 0.29) is 11.8 Å². The summed E-state index contributed by atoms with van der Waals surface area (Å²) in [4.78, 5) is 10.5. The van der Waals surface area contributed by atoms with Gasteiger partial charge in [0, 0.05) is 0 Å². The number of rotatable bonds is 3. The molecule has 3 heteroatoms. The van der Waals surface area contributed by atoms with Gasteiger partial charge in [-0.15, -0.1) is 11.6 Å². The lowest BCUT2D eigenvalue weighted by Gasteiger charge is -2.08. The van der Waals surface area contributed by atoms with Crippen LogP contribution in [0.1, 0.15) is 23.4 Å². The van der Waals surface area contributed by atoms with Crippen molar-refractivity contribution in [1.82, 2.24) is 0 Å². The van der Waals surface area contributed by atoms with E-state index in [1.807, 2.05) is 25.1 Å². The third-order valence-electron chi connectivity index (χ3n) is 1.83. The maximum absolute atomic E-state index is 10.5. The Hall–Kier alpha value is -1.02. The van der Waals surface area contributed by atoms with Crippen molar-refractivity contribution in [2.45, 2.75) is 18.7 Å². The SMILES string of the molecule is CC(Cl)c1ccccc1CC(=O)O. The van der Waals surface area contributed by atoms with E-state index in [1.165, 1.54) is 0 Å². The molecule has 0 aromatic heterocycles. The minimum absolute atomic E-state index is 0.0350. The van der Waals surface area contributed by atoms with Crippen LogP contribution in [0.2, 0.25) is 0 Å². The zero-order valence-corrected chi connectivity index (χ0v) is 8.08. The third kappa shape index (κ3) is 2.74. The Labute approximate surface area is 82.2 Å². The Kier molecular flexibility index (Phi) is 3.32.